The van der Waals surface area contributed by atoms with Crippen LogP contribution in [0.1, 0.15) is 61.6 Å². The first kappa shape index (κ1) is 23.3. The SMILES string of the molecule is COc1cc2c(cc1O)C(=NOCc1cccc([N+](=O)[O-])c1)C[C@@H]1[C@@H]2CC[C@]2(C)C(N=O)CC[C@@H]12. The fraction of sp³-hybridized carbons (Fsp3) is 0.500. The van der Waals surface area contributed by atoms with E-state index in [4.69, 9.17) is 9.57 Å². The molecule has 0 spiro atoms. The number of benzene rings is 2. The van der Waals surface area contributed by atoms with Crippen molar-refractivity contribution in [1.82, 2.24) is 0 Å². The number of non-ortho nitro benzene ring substituents is 1. The zero-order chi connectivity index (χ0) is 24.7. The van der Waals surface area contributed by atoms with E-state index in [1.165, 1.54) is 19.2 Å². The van der Waals surface area contributed by atoms with Crippen LogP contribution in [-0.4, -0.2) is 28.9 Å². The maximum Gasteiger partial charge on any atom is 0.269 e. The fourth-order valence-electron chi connectivity index (χ4n) is 6.77. The standard InChI is InChI=1S/C26H29N3O6/c1-26-9-8-17-18-13-24(34-2)23(30)12-20(18)22(11-19(17)21(26)6-7-25(26)27-31)28-35-14-15-4-3-5-16(10-15)29(32)33/h3-5,10,12-13,17,19,21,25,30H,6-9,11,14H2,1-2H3/t17-,19-,21+,25?,26+/m1/s1. The molecule has 2 aromatic rings. The number of nitroso groups, excluding NO2 is 1. The van der Waals surface area contributed by atoms with Gasteiger partial charge in [-0.25, -0.2) is 0 Å². The molecule has 5 atom stereocenters. The van der Waals surface area contributed by atoms with Crippen molar-refractivity contribution < 1.29 is 19.6 Å². The van der Waals surface area contributed by atoms with Crippen LogP contribution in [-0.2, 0) is 11.4 Å². The number of methoxy groups -OCH3 is 1. The van der Waals surface area contributed by atoms with Crippen LogP contribution in [0.25, 0.3) is 0 Å². The molecule has 3 aliphatic rings. The van der Waals surface area contributed by atoms with Gasteiger partial charge in [-0.05, 0) is 78.5 Å². The molecule has 2 aromatic carbocycles. The van der Waals surface area contributed by atoms with Gasteiger partial charge in [0.1, 0.15) is 6.61 Å². The highest BCUT2D eigenvalue weighted by Gasteiger charge is 2.56. The maximum absolute atomic E-state index is 11.6. The Morgan fingerprint density at radius 2 is 2.06 bits per heavy atom. The van der Waals surface area contributed by atoms with E-state index in [9.17, 15) is 20.1 Å². The van der Waals surface area contributed by atoms with Crippen molar-refractivity contribution in [2.24, 2.45) is 27.6 Å². The molecular formula is C26H29N3O6. The molecule has 184 valence electrons. The molecule has 9 nitrogen and oxygen atoms in total. The van der Waals surface area contributed by atoms with Gasteiger partial charge in [0.15, 0.2) is 11.5 Å². The molecule has 2 fully saturated rings. The van der Waals surface area contributed by atoms with Gasteiger partial charge in [-0.2, -0.15) is 4.91 Å². The number of hydrogen-bond donors (Lipinski definition) is 1. The minimum Gasteiger partial charge on any atom is -0.504 e. The van der Waals surface area contributed by atoms with Crippen molar-refractivity contribution >= 4 is 11.4 Å². The third-order valence-corrected chi connectivity index (χ3v) is 8.53. The number of nitro groups is 1. The number of nitro benzene ring substituents is 1. The number of phenols is 1. The summed E-state index contributed by atoms with van der Waals surface area (Å²) in [4.78, 5) is 27.9. The highest BCUT2D eigenvalue weighted by atomic mass is 16.6. The van der Waals surface area contributed by atoms with Crippen molar-refractivity contribution in [3.63, 3.8) is 0 Å². The first-order chi connectivity index (χ1) is 16.9. The summed E-state index contributed by atoms with van der Waals surface area (Å²) < 4.78 is 5.40. The Morgan fingerprint density at radius 3 is 2.80 bits per heavy atom. The zero-order valence-corrected chi connectivity index (χ0v) is 19.8. The van der Waals surface area contributed by atoms with Crippen molar-refractivity contribution in [3.05, 3.63) is 68.1 Å². The first-order valence-corrected chi connectivity index (χ1v) is 12.0. The van der Waals surface area contributed by atoms with E-state index in [0.29, 0.717) is 23.7 Å². The van der Waals surface area contributed by atoms with Gasteiger partial charge in [0.05, 0.1) is 23.8 Å². The lowest BCUT2D eigenvalue weighted by Gasteiger charge is -2.49. The quantitative estimate of drug-likeness (QED) is 0.323. The summed E-state index contributed by atoms with van der Waals surface area (Å²) in [6.07, 6.45) is 4.32. The molecule has 0 aliphatic heterocycles. The molecule has 1 unspecified atom stereocenters. The van der Waals surface area contributed by atoms with Crippen LogP contribution in [0, 0.1) is 32.3 Å². The van der Waals surface area contributed by atoms with Crippen molar-refractivity contribution in [2.45, 2.75) is 57.6 Å². The van der Waals surface area contributed by atoms with Crippen LogP contribution >= 0.6 is 0 Å². The molecule has 35 heavy (non-hydrogen) atoms. The Balaban J connectivity index is 1.48. The number of phenolic OH excluding ortho intramolecular Hbond substituents is 1. The van der Waals surface area contributed by atoms with Gasteiger partial charge in [-0.3, -0.25) is 10.1 Å². The van der Waals surface area contributed by atoms with Gasteiger partial charge in [-0.1, -0.05) is 29.4 Å². The molecule has 0 aromatic heterocycles. The summed E-state index contributed by atoms with van der Waals surface area (Å²) >= 11 is 0. The molecule has 0 amide bonds. The van der Waals surface area contributed by atoms with E-state index in [1.54, 1.807) is 18.2 Å². The number of ether oxygens (including phenoxy) is 1. The molecular weight excluding hydrogens is 450 g/mol. The Hall–Kier alpha value is -3.49. The molecule has 2 saturated carbocycles. The molecule has 0 radical (unpaired) electrons. The fourth-order valence-corrected chi connectivity index (χ4v) is 6.77. The van der Waals surface area contributed by atoms with Crippen LogP contribution in [0.3, 0.4) is 0 Å². The second kappa shape index (κ2) is 8.94. The normalized spacial score (nSPS) is 30.2. The monoisotopic (exact) mass is 479 g/mol. The van der Waals surface area contributed by atoms with Gasteiger partial charge in [0, 0.05) is 17.7 Å². The van der Waals surface area contributed by atoms with Crippen LogP contribution in [0.15, 0.2) is 46.7 Å². The predicted octanol–water partition coefficient (Wildman–Crippen LogP) is 5.68. The van der Waals surface area contributed by atoms with E-state index in [0.717, 1.165) is 42.5 Å². The predicted molar refractivity (Wildman–Crippen MR) is 130 cm³/mol. The Kier molecular flexibility index (Phi) is 5.94. The van der Waals surface area contributed by atoms with E-state index in [-0.39, 0.29) is 41.3 Å². The number of oxime groups is 1. The molecule has 1 N–H and O–H groups in total. The number of rotatable bonds is 6. The summed E-state index contributed by atoms with van der Waals surface area (Å²) in [7, 11) is 1.54. The molecule has 3 aliphatic carbocycles. The third kappa shape index (κ3) is 3.92. The van der Waals surface area contributed by atoms with Crippen LogP contribution in [0.4, 0.5) is 5.69 Å². The van der Waals surface area contributed by atoms with E-state index >= 15 is 0 Å². The minimum absolute atomic E-state index is 0.00249. The van der Waals surface area contributed by atoms with Gasteiger partial charge in [0.2, 0.25) is 0 Å². The summed E-state index contributed by atoms with van der Waals surface area (Å²) in [6, 6.07) is 9.73. The Bertz CT molecular complexity index is 1200. The first-order valence-electron chi connectivity index (χ1n) is 12.0. The van der Waals surface area contributed by atoms with Crippen LogP contribution in [0.5, 0.6) is 11.5 Å². The summed E-state index contributed by atoms with van der Waals surface area (Å²) in [5, 5.41) is 29.5. The Morgan fingerprint density at radius 1 is 1.23 bits per heavy atom. The highest BCUT2D eigenvalue weighted by Crippen LogP contribution is 2.62. The second-order valence-electron chi connectivity index (χ2n) is 10.2. The van der Waals surface area contributed by atoms with Crippen LogP contribution in [0.2, 0.25) is 0 Å². The lowest BCUT2D eigenvalue weighted by atomic mass is 9.55. The number of fused-ring (bicyclic) bond motifs is 5. The third-order valence-electron chi connectivity index (χ3n) is 8.53. The maximum atomic E-state index is 11.6. The van der Waals surface area contributed by atoms with E-state index < -0.39 is 4.92 Å². The van der Waals surface area contributed by atoms with Gasteiger partial charge in [0.25, 0.3) is 5.69 Å². The van der Waals surface area contributed by atoms with Gasteiger partial charge in [-0.15, -0.1) is 0 Å². The van der Waals surface area contributed by atoms with Crippen LogP contribution < -0.4 is 4.74 Å². The topological polar surface area (TPSA) is 124 Å². The summed E-state index contributed by atoms with van der Waals surface area (Å²) in [6.45, 7) is 2.30. The molecule has 0 heterocycles. The van der Waals surface area contributed by atoms with Crippen molar-refractivity contribution in [3.8, 4) is 11.5 Å². The largest absolute Gasteiger partial charge is 0.504 e. The average molecular weight is 480 g/mol. The van der Waals surface area contributed by atoms with Gasteiger partial charge < -0.3 is 14.7 Å². The second-order valence-corrected chi connectivity index (χ2v) is 10.2. The lowest BCUT2D eigenvalue weighted by molar-refractivity contribution is -0.384. The minimum atomic E-state index is -0.438. The smallest absolute Gasteiger partial charge is 0.269 e. The van der Waals surface area contributed by atoms with Crippen molar-refractivity contribution in [2.75, 3.05) is 7.11 Å². The summed E-state index contributed by atoms with van der Waals surface area (Å²) in [5.74, 6) is 1.37. The molecule has 0 bridgehead atoms. The lowest BCUT2D eigenvalue weighted by Crippen LogP contribution is -2.44. The number of nitrogens with zero attached hydrogens (tertiary/aromatic N) is 3. The number of hydrogen-bond acceptors (Lipinski definition) is 8. The summed E-state index contributed by atoms with van der Waals surface area (Å²) in [5.41, 5.74) is 3.19. The van der Waals surface area contributed by atoms with E-state index in [1.807, 2.05) is 6.07 Å². The Labute approximate surface area is 203 Å². The van der Waals surface area contributed by atoms with Gasteiger partial charge >= 0.3 is 0 Å². The zero-order valence-electron chi connectivity index (χ0n) is 19.8. The number of aromatic hydroxyl groups is 1. The molecule has 0 saturated heterocycles. The molecule has 5 rings (SSSR count). The van der Waals surface area contributed by atoms with E-state index in [2.05, 4.69) is 17.3 Å². The van der Waals surface area contributed by atoms with Crippen molar-refractivity contribution in [1.29, 1.82) is 0 Å². The highest BCUT2D eigenvalue weighted by molar-refractivity contribution is 6.03. The molecule has 9 heteroatoms. The average Bonchev–Trinajstić information content (AvgIpc) is 3.20.